The third-order valence-electron chi connectivity index (χ3n) is 7.14. The van der Waals surface area contributed by atoms with Crippen LogP contribution >= 0.6 is 11.8 Å². The van der Waals surface area contributed by atoms with Gasteiger partial charge in [0.15, 0.2) is 0 Å². The van der Waals surface area contributed by atoms with Crippen molar-refractivity contribution in [3.8, 4) is 5.88 Å². The molecule has 35 heavy (non-hydrogen) atoms. The lowest BCUT2D eigenvalue weighted by Gasteiger charge is -2.53. The monoisotopic (exact) mass is 497 g/mol. The van der Waals surface area contributed by atoms with Gasteiger partial charge in [-0.3, -0.25) is 4.98 Å². The van der Waals surface area contributed by atoms with Gasteiger partial charge in [-0.05, 0) is 43.7 Å². The number of aromatic nitrogens is 2. The van der Waals surface area contributed by atoms with E-state index in [9.17, 15) is 14.3 Å². The van der Waals surface area contributed by atoms with Crippen LogP contribution in [0.15, 0.2) is 48.7 Å². The van der Waals surface area contributed by atoms with Gasteiger partial charge in [-0.2, -0.15) is 11.8 Å². The lowest BCUT2D eigenvalue weighted by atomic mass is 9.73. The molecule has 1 atom stereocenters. The lowest BCUT2D eigenvalue weighted by molar-refractivity contribution is 0.101. The molecule has 1 unspecified atom stereocenters. The Morgan fingerprint density at radius 2 is 1.97 bits per heavy atom. The molecule has 184 valence electrons. The molecule has 0 spiro atoms. The molecule has 3 aliphatic rings. The van der Waals surface area contributed by atoms with E-state index in [0.29, 0.717) is 23.3 Å². The Labute approximate surface area is 207 Å². The van der Waals surface area contributed by atoms with Crippen molar-refractivity contribution < 1.29 is 23.8 Å². The van der Waals surface area contributed by atoms with Gasteiger partial charge in [0.2, 0.25) is 5.88 Å². The molecule has 0 radical (unpaired) electrons. The number of methoxy groups -OCH3 is 1. The largest absolute Gasteiger partial charge is 0.481 e. The number of benzene rings is 1. The van der Waals surface area contributed by atoms with Crippen molar-refractivity contribution >= 4 is 28.9 Å². The average Bonchev–Trinajstić information content (AvgIpc) is 2.88. The molecular formula is C26H28FN3O4S. The highest BCUT2D eigenvalue weighted by molar-refractivity contribution is 8.00. The van der Waals surface area contributed by atoms with Crippen LogP contribution in [-0.2, 0) is 11.3 Å². The number of nitrogens with one attached hydrogen (secondary N) is 1. The minimum atomic E-state index is -1.03. The normalized spacial score (nSPS) is 24.2. The first kappa shape index (κ1) is 23.8. The highest BCUT2D eigenvalue weighted by Crippen LogP contribution is 2.55. The van der Waals surface area contributed by atoms with Crippen LogP contribution in [0.2, 0.25) is 0 Å². The number of hydrogen-bond acceptors (Lipinski definition) is 7. The number of aliphatic hydroxyl groups excluding tert-OH is 1. The van der Waals surface area contributed by atoms with E-state index in [1.165, 1.54) is 7.11 Å². The number of amides is 1. The average molecular weight is 498 g/mol. The number of rotatable bonds is 7. The Bertz CT molecular complexity index is 1200. The highest BCUT2D eigenvalue weighted by atomic mass is 32.2. The summed E-state index contributed by atoms with van der Waals surface area (Å²) < 4.78 is 25.3. The summed E-state index contributed by atoms with van der Waals surface area (Å²) in [5.41, 5.74) is 1.62. The van der Waals surface area contributed by atoms with E-state index in [1.807, 2.05) is 30.3 Å². The maximum absolute atomic E-state index is 14.8. The number of pyridine rings is 2. The highest BCUT2D eigenvalue weighted by Gasteiger charge is 2.51. The predicted molar refractivity (Wildman–Crippen MR) is 132 cm³/mol. The number of fused-ring (bicyclic) bond motifs is 4. The van der Waals surface area contributed by atoms with Gasteiger partial charge >= 0.3 is 6.09 Å². The van der Waals surface area contributed by atoms with Gasteiger partial charge in [0, 0.05) is 22.1 Å². The Balaban J connectivity index is 1.24. The maximum atomic E-state index is 14.8. The van der Waals surface area contributed by atoms with E-state index in [0.717, 1.165) is 43.2 Å². The quantitative estimate of drug-likeness (QED) is 0.478. The second-order valence-electron chi connectivity index (χ2n) is 9.40. The zero-order valence-electron chi connectivity index (χ0n) is 19.5. The van der Waals surface area contributed by atoms with E-state index in [1.54, 1.807) is 23.9 Å². The molecule has 4 heterocycles. The predicted octanol–water partition coefficient (Wildman–Crippen LogP) is 4.93. The fourth-order valence-corrected chi connectivity index (χ4v) is 6.81. The van der Waals surface area contributed by atoms with Gasteiger partial charge < -0.3 is 19.9 Å². The van der Waals surface area contributed by atoms with E-state index in [2.05, 4.69) is 15.3 Å². The number of nitrogens with zero attached hydrogens (tertiary/aromatic N) is 2. The van der Waals surface area contributed by atoms with Gasteiger partial charge in [-0.25, -0.2) is 14.2 Å². The maximum Gasteiger partial charge on any atom is 0.407 e. The summed E-state index contributed by atoms with van der Waals surface area (Å²) in [6.45, 7) is 0.232. The van der Waals surface area contributed by atoms with Crippen molar-refractivity contribution in [3.63, 3.8) is 0 Å². The fourth-order valence-electron chi connectivity index (χ4n) is 5.09. The molecule has 1 aromatic carbocycles. The second-order valence-corrected chi connectivity index (χ2v) is 10.8. The van der Waals surface area contributed by atoms with Crippen molar-refractivity contribution in [3.05, 3.63) is 65.6 Å². The molecule has 1 saturated carbocycles. The molecule has 7 nitrogen and oxygen atoms in total. The first-order valence-corrected chi connectivity index (χ1v) is 12.7. The van der Waals surface area contributed by atoms with Crippen LogP contribution < -0.4 is 10.1 Å². The van der Waals surface area contributed by atoms with E-state index >= 15 is 0 Å². The Hall–Kier alpha value is -2.91. The van der Waals surface area contributed by atoms with Crippen molar-refractivity contribution in [1.82, 2.24) is 15.3 Å². The second kappa shape index (κ2) is 9.62. The molecule has 9 heteroatoms. The van der Waals surface area contributed by atoms with E-state index in [-0.39, 0.29) is 22.5 Å². The third kappa shape index (κ3) is 4.92. The zero-order chi connectivity index (χ0) is 24.5. The van der Waals surface area contributed by atoms with E-state index < -0.39 is 18.0 Å². The first-order chi connectivity index (χ1) is 16.9. The van der Waals surface area contributed by atoms with Crippen molar-refractivity contribution in [2.45, 2.75) is 55.1 Å². The van der Waals surface area contributed by atoms with Gasteiger partial charge in [0.05, 0.1) is 30.5 Å². The van der Waals surface area contributed by atoms with Gasteiger partial charge in [-0.1, -0.05) is 30.3 Å². The number of carbonyl (C=O) groups is 1. The molecule has 2 aliphatic heterocycles. The number of thioether (sulfide) groups is 1. The molecule has 1 aliphatic carbocycles. The minimum Gasteiger partial charge on any atom is -0.481 e. The summed E-state index contributed by atoms with van der Waals surface area (Å²) in [4.78, 5) is 20.9. The summed E-state index contributed by atoms with van der Waals surface area (Å²) in [7, 11) is 1.49. The van der Waals surface area contributed by atoms with Gasteiger partial charge in [-0.15, -0.1) is 0 Å². The molecule has 6 rings (SSSR count). The molecular weight excluding hydrogens is 469 g/mol. The van der Waals surface area contributed by atoms with Crippen molar-refractivity contribution in [1.29, 1.82) is 0 Å². The summed E-state index contributed by atoms with van der Waals surface area (Å²) in [5.74, 6) is 0.499. The number of halogens is 1. The molecule has 2 bridgehead atoms. The SMILES string of the molecule is COc1ccc2ncc(F)c(C(O)CC34CCC(NC(=O)OCc5ccccc5)(CC3)CS4)c2n1. The molecule has 1 amide bonds. The number of ether oxygens (including phenoxy) is 2. The minimum absolute atomic E-state index is 0.161. The number of aliphatic hydroxyl groups is 1. The zero-order valence-corrected chi connectivity index (χ0v) is 20.3. The van der Waals surface area contributed by atoms with E-state index in [4.69, 9.17) is 9.47 Å². The Morgan fingerprint density at radius 3 is 2.66 bits per heavy atom. The summed E-state index contributed by atoms with van der Waals surface area (Å²) >= 11 is 1.74. The van der Waals surface area contributed by atoms with Crippen LogP contribution in [0.1, 0.15) is 49.3 Å². The third-order valence-corrected chi connectivity index (χ3v) is 9.02. The Kier molecular flexibility index (Phi) is 6.55. The van der Waals surface area contributed by atoms with Crippen LogP contribution in [0.25, 0.3) is 11.0 Å². The number of hydrogen-bond donors (Lipinski definition) is 2. The van der Waals surface area contributed by atoms with Crippen LogP contribution in [0, 0.1) is 5.82 Å². The van der Waals surface area contributed by atoms with Crippen LogP contribution in [0.5, 0.6) is 5.88 Å². The standard InChI is InChI=1S/C26H28FN3O4S/c1-33-21-8-7-19-23(29-21)22(18(27)14-28-19)20(31)13-26-11-9-25(10-12-26,16-35-26)30-24(32)34-15-17-5-3-2-4-6-17/h2-8,14,20,31H,9-13,15-16H2,1H3,(H,30,32). The van der Waals surface area contributed by atoms with Crippen LogP contribution in [-0.4, -0.2) is 44.3 Å². The number of alkyl carbamates (subject to hydrolysis) is 1. The topological polar surface area (TPSA) is 93.6 Å². The van der Waals surface area contributed by atoms with Crippen LogP contribution in [0.3, 0.4) is 0 Å². The smallest absolute Gasteiger partial charge is 0.407 e. The number of carbonyl (C=O) groups excluding carboxylic acids is 1. The van der Waals surface area contributed by atoms with Gasteiger partial charge in [0.1, 0.15) is 17.9 Å². The molecule has 2 aromatic heterocycles. The summed E-state index contributed by atoms with van der Waals surface area (Å²) in [6, 6.07) is 13.0. The first-order valence-electron chi connectivity index (χ1n) is 11.7. The lowest BCUT2D eigenvalue weighted by Crippen LogP contribution is -2.59. The van der Waals surface area contributed by atoms with Crippen molar-refractivity contribution in [2.24, 2.45) is 0 Å². The Morgan fingerprint density at radius 1 is 1.20 bits per heavy atom. The summed E-state index contributed by atoms with van der Waals surface area (Å²) in [5, 5.41) is 14.3. The summed E-state index contributed by atoms with van der Waals surface area (Å²) in [6.07, 6.45) is 3.32. The molecule has 2 saturated heterocycles. The van der Waals surface area contributed by atoms with Gasteiger partial charge in [0.25, 0.3) is 0 Å². The van der Waals surface area contributed by atoms with Crippen LogP contribution in [0.4, 0.5) is 9.18 Å². The fraction of sp³-hybridized carbons (Fsp3) is 0.423. The van der Waals surface area contributed by atoms with Crippen molar-refractivity contribution in [2.75, 3.05) is 12.9 Å². The molecule has 3 fully saturated rings. The molecule has 3 aromatic rings. The molecule has 2 N–H and O–H groups in total.